The molecule has 0 unspecified atom stereocenters. The van der Waals surface area contributed by atoms with Crippen LogP contribution in [0.4, 0.5) is 24.8 Å². The Bertz CT molecular complexity index is 468. The Hall–Kier alpha value is -1.53. The number of nitrogens with one attached hydrogen (secondary N) is 1. The molecular formula is C14H21F3N4. The summed E-state index contributed by atoms with van der Waals surface area (Å²) < 4.78 is 38.7. The average Bonchev–Trinajstić information content (AvgIpc) is 2.46. The fraction of sp³-hybridized carbons (Fsp3) is 0.714. The van der Waals surface area contributed by atoms with Gasteiger partial charge in [-0.25, -0.2) is 9.97 Å². The highest BCUT2D eigenvalue weighted by molar-refractivity contribution is 5.50. The zero-order valence-corrected chi connectivity index (χ0v) is 12.4. The van der Waals surface area contributed by atoms with E-state index in [0.29, 0.717) is 18.3 Å². The molecule has 118 valence electrons. The number of piperidine rings is 1. The van der Waals surface area contributed by atoms with E-state index in [4.69, 9.17) is 0 Å². The predicted molar refractivity (Wildman–Crippen MR) is 76.4 cm³/mol. The van der Waals surface area contributed by atoms with Gasteiger partial charge >= 0.3 is 6.18 Å². The molecular weight excluding hydrogens is 281 g/mol. The Kier molecular flexibility index (Phi) is 4.90. The number of halogens is 3. The molecule has 1 aliphatic rings. The predicted octanol–water partition coefficient (Wildman–Crippen LogP) is 3.55. The Balaban J connectivity index is 2.24. The quantitative estimate of drug-likeness (QED) is 0.923. The molecule has 0 saturated carbocycles. The molecule has 1 aliphatic heterocycles. The molecule has 1 aromatic heterocycles. The van der Waals surface area contributed by atoms with Gasteiger partial charge in [-0.2, -0.15) is 13.2 Å². The van der Waals surface area contributed by atoms with Crippen molar-refractivity contribution in [2.75, 3.05) is 29.9 Å². The number of hydrogen-bond acceptors (Lipinski definition) is 4. The molecule has 1 aromatic rings. The van der Waals surface area contributed by atoms with Gasteiger partial charge in [0.2, 0.25) is 5.82 Å². The van der Waals surface area contributed by atoms with Crippen molar-refractivity contribution in [2.24, 2.45) is 5.92 Å². The van der Waals surface area contributed by atoms with Crippen LogP contribution in [0.15, 0.2) is 6.07 Å². The highest BCUT2D eigenvalue weighted by Crippen LogP contribution is 2.31. The fourth-order valence-electron chi connectivity index (χ4n) is 2.57. The topological polar surface area (TPSA) is 41.0 Å². The van der Waals surface area contributed by atoms with Crippen LogP contribution in [0.25, 0.3) is 0 Å². The third kappa shape index (κ3) is 3.98. The Morgan fingerprint density at radius 3 is 2.43 bits per heavy atom. The smallest absolute Gasteiger partial charge is 0.370 e. The van der Waals surface area contributed by atoms with Gasteiger partial charge in [-0.1, -0.05) is 13.3 Å². The monoisotopic (exact) mass is 302 g/mol. The molecule has 0 spiro atoms. The molecule has 2 heterocycles. The molecule has 0 radical (unpaired) electrons. The van der Waals surface area contributed by atoms with E-state index >= 15 is 0 Å². The van der Waals surface area contributed by atoms with Crippen LogP contribution in [0, 0.1) is 5.92 Å². The van der Waals surface area contributed by atoms with Gasteiger partial charge in [-0.05, 0) is 25.7 Å². The van der Waals surface area contributed by atoms with Crippen molar-refractivity contribution in [3.63, 3.8) is 0 Å². The van der Waals surface area contributed by atoms with Crippen LogP contribution in [0.2, 0.25) is 0 Å². The molecule has 0 bridgehead atoms. The maximum Gasteiger partial charge on any atom is 0.451 e. The van der Waals surface area contributed by atoms with E-state index in [0.717, 1.165) is 32.4 Å². The van der Waals surface area contributed by atoms with Crippen molar-refractivity contribution in [2.45, 2.75) is 39.3 Å². The van der Waals surface area contributed by atoms with E-state index in [1.807, 2.05) is 11.8 Å². The molecule has 1 fully saturated rings. The van der Waals surface area contributed by atoms with Crippen LogP contribution in [-0.4, -0.2) is 29.6 Å². The fourth-order valence-corrected chi connectivity index (χ4v) is 2.57. The van der Waals surface area contributed by atoms with E-state index < -0.39 is 12.0 Å². The Labute approximate surface area is 122 Å². The third-order valence-corrected chi connectivity index (χ3v) is 3.84. The lowest BCUT2D eigenvalue weighted by Gasteiger charge is -2.32. The van der Waals surface area contributed by atoms with Gasteiger partial charge in [0.05, 0.1) is 0 Å². The van der Waals surface area contributed by atoms with Crippen LogP contribution in [0.5, 0.6) is 0 Å². The summed E-state index contributed by atoms with van der Waals surface area (Å²) in [6.45, 7) is 5.99. The maximum atomic E-state index is 12.9. The van der Waals surface area contributed by atoms with Gasteiger partial charge < -0.3 is 10.2 Å². The molecule has 2 rings (SSSR count). The number of alkyl halides is 3. The SMILES string of the molecule is CCNc1cc(N2CCC(CC)CC2)nc(C(F)(F)F)n1. The Morgan fingerprint density at radius 2 is 1.90 bits per heavy atom. The van der Waals surface area contributed by atoms with Crippen LogP contribution in [0.3, 0.4) is 0 Å². The second-order valence-corrected chi connectivity index (χ2v) is 5.30. The highest BCUT2D eigenvalue weighted by Gasteiger charge is 2.36. The Morgan fingerprint density at radius 1 is 1.24 bits per heavy atom. The minimum Gasteiger partial charge on any atom is -0.370 e. The van der Waals surface area contributed by atoms with Gasteiger partial charge in [-0.15, -0.1) is 0 Å². The molecule has 0 aromatic carbocycles. The first-order valence-electron chi connectivity index (χ1n) is 7.39. The standard InChI is InChI=1S/C14H21F3N4/c1-3-10-5-7-21(8-6-10)12-9-11(18-4-2)19-13(20-12)14(15,16)17/h9-10H,3-8H2,1-2H3,(H,18,19,20). The molecule has 0 amide bonds. The number of anilines is 2. The average molecular weight is 302 g/mol. The largest absolute Gasteiger partial charge is 0.451 e. The number of aromatic nitrogens is 2. The van der Waals surface area contributed by atoms with Gasteiger partial charge in [0.1, 0.15) is 11.6 Å². The van der Waals surface area contributed by atoms with Crippen LogP contribution < -0.4 is 10.2 Å². The first-order valence-corrected chi connectivity index (χ1v) is 7.39. The lowest BCUT2D eigenvalue weighted by Crippen LogP contribution is -2.34. The molecule has 0 atom stereocenters. The zero-order chi connectivity index (χ0) is 15.5. The van der Waals surface area contributed by atoms with E-state index in [1.165, 1.54) is 0 Å². The molecule has 0 aliphatic carbocycles. The zero-order valence-electron chi connectivity index (χ0n) is 12.4. The van der Waals surface area contributed by atoms with Crippen molar-refractivity contribution in [1.29, 1.82) is 0 Å². The van der Waals surface area contributed by atoms with Crippen molar-refractivity contribution in [3.8, 4) is 0 Å². The van der Waals surface area contributed by atoms with E-state index in [9.17, 15) is 13.2 Å². The first kappa shape index (κ1) is 15.9. The summed E-state index contributed by atoms with van der Waals surface area (Å²) in [7, 11) is 0. The van der Waals surface area contributed by atoms with Gasteiger partial charge in [-0.3, -0.25) is 0 Å². The summed E-state index contributed by atoms with van der Waals surface area (Å²) in [5.74, 6) is 0.183. The maximum absolute atomic E-state index is 12.9. The molecule has 4 nitrogen and oxygen atoms in total. The second kappa shape index (κ2) is 6.49. The molecule has 21 heavy (non-hydrogen) atoms. The van der Waals surface area contributed by atoms with Gasteiger partial charge in [0.25, 0.3) is 0 Å². The normalized spacial score (nSPS) is 17.1. The van der Waals surface area contributed by atoms with Crippen molar-refractivity contribution in [1.82, 2.24) is 9.97 Å². The van der Waals surface area contributed by atoms with E-state index in [1.54, 1.807) is 6.07 Å². The van der Waals surface area contributed by atoms with Gasteiger partial charge in [0.15, 0.2) is 0 Å². The third-order valence-electron chi connectivity index (χ3n) is 3.84. The number of nitrogens with zero attached hydrogens (tertiary/aromatic N) is 3. The summed E-state index contributed by atoms with van der Waals surface area (Å²) in [4.78, 5) is 9.18. The van der Waals surface area contributed by atoms with Crippen molar-refractivity contribution >= 4 is 11.6 Å². The molecule has 7 heteroatoms. The summed E-state index contributed by atoms with van der Waals surface area (Å²) in [6, 6.07) is 1.60. The van der Waals surface area contributed by atoms with Gasteiger partial charge in [0, 0.05) is 25.7 Å². The molecule has 1 saturated heterocycles. The number of rotatable bonds is 4. The highest BCUT2D eigenvalue weighted by atomic mass is 19.4. The minimum atomic E-state index is -4.53. The number of hydrogen-bond donors (Lipinski definition) is 1. The van der Waals surface area contributed by atoms with Crippen molar-refractivity contribution in [3.05, 3.63) is 11.9 Å². The summed E-state index contributed by atoms with van der Waals surface area (Å²) in [5, 5.41) is 2.84. The van der Waals surface area contributed by atoms with Crippen LogP contribution >= 0.6 is 0 Å². The van der Waals surface area contributed by atoms with E-state index in [-0.39, 0.29) is 5.82 Å². The van der Waals surface area contributed by atoms with Crippen molar-refractivity contribution < 1.29 is 13.2 Å². The lowest BCUT2D eigenvalue weighted by molar-refractivity contribution is -0.144. The summed E-state index contributed by atoms with van der Waals surface area (Å²) >= 11 is 0. The van der Waals surface area contributed by atoms with Crippen LogP contribution in [-0.2, 0) is 6.18 Å². The summed E-state index contributed by atoms with van der Waals surface area (Å²) in [5.41, 5.74) is 0. The minimum absolute atomic E-state index is 0.229. The van der Waals surface area contributed by atoms with E-state index in [2.05, 4.69) is 22.2 Å². The second-order valence-electron chi connectivity index (χ2n) is 5.30. The summed E-state index contributed by atoms with van der Waals surface area (Å²) in [6.07, 6.45) is -1.41. The molecule has 1 N–H and O–H groups in total. The first-order chi connectivity index (χ1) is 9.94. The van der Waals surface area contributed by atoms with Crippen LogP contribution in [0.1, 0.15) is 38.9 Å². The lowest BCUT2D eigenvalue weighted by atomic mass is 9.94.